The van der Waals surface area contributed by atoms with Crippen molar-refractivity contribution in [2.45, 2.75) is 25.9 Å². The van der Waals surface area contributed by atoms with Crippen molar-refractivity contribution in [1.82, 2.24) is 19.4 Å². The van der Waals surface area contributed by atoms with E-state index in [1.807, 2.05) is 56.3 Å². The maximum atomic E-state index is 15.1. The molecular weight excluding hydrogens is 498 g/mol. The quantitative estimate of drug-likeness (QED) is 0.255. The van der Waals surface area contributed by atoms with Gasteiger partial charge in [-0.15, -0.1) is 0 Å². The second-order valence-corrected chi connectivity index (χ2v) is 9.24. The maximum Gasteiger partial charge on any atom is 0.417 e. The first-order valence-corrected chi connectivity index (χ1v) is 11.8. The van der Waals surface area contributed by atoms with Gasteiger partial charge in [-0.1, -0.05) is 44.2 Å². The molecule has 0 saturated heterocycles. The van der Waals surface area contributed by atoms with E-state index in [1.54, 1.807) is 17.8 Å². The van der Waals surface area contributed by atoms with Gasteiger partial charge in [0.15, 0.2) is 0 Å². The molecule has 0 atom stereocenters. The van der Waals surface area contributed by atoms with E-state index in [1.165, 1.54) is 16.9 Å². The molecule has 0 radical (unpaired) electrons. The van der Waals surface area contributed by atoms with Crippen molar-refractivity contribution in [2.24, 2.45) is 7.05 Å². The van der Waals surface area contributed by atoms with Gasteiger partial charge in [0.25, 0.3) is 5.91 Å². The van der Waals surface area contributed by atoms with Gasteiger partial charge in [0.05, 0.1) is 28.0 Å². The van der Waals surface area contributed by atoms with Crippen LogP contribution < -0.4 is 5.32 Å². The average molecular weight is 522 g/mol. The Balaban J connectivity index is 1.65. The summed E-state index contributed by atoms with van der Waals surface area (Å²) in [7, 11) is 1.55. The Hall–Kier alpha value is -4.47. The lowest BCUT2D eigenvalue weighted by Gasteiger charge is -2.15. The van der Waals surface area contributed by atoms with Crippen molar-refractivity contribution in [3.05, 3.63) is 95.6 Å². The van der Waals surface area contributed by atoms with Gasteiger partial charge in [-0.05, 0) is 41.8 Å². The molecule has 0 fully saturated rings. The number of halogens is 4. The number of anilines is 1. The Morgan fingerprint density at radius 1 is 0.974 bits per heavy atom. The first-order valence-electron chi connectivity index (χ1n) is 11.8. The monoisotopic (exact) mass is 521 g/mol. The lowest BCUT2D eigenvalue weighted by molar-refractivity contribution is -0.137. The Morgan fingerprint density at radius 3 is 2.34 bits per heavy atom. The van der Waals surface area contributed by atoms with Gasteiger partial charge < -0.3 is 5.32 Å². The molecule has 10 heteroatoms. The highest BCUT2D eigenvalue weighted by Gasteiger charge is 2.36. The molecule has 3 heterocycles. The largest absolute Gasteiger partial charge is 0.417 e. The standard InChI is InChI=1S/C28H23F4N5O/c1-16(2)18-9-12-37-24(13-18)26(25(35-37)17-7-5-4-6-8-17)33-27(38)20-14-19(23-10-11-36(3)34-23)21(15-22(20)29)28(30,31)32/h4-16H,1-3H3,(H,33,38). The highest BCUT2D eigenvalue weighted by Crippen LogP contribution is 2.39. The van der Waals surface area contributed by atoms with E-state index in [4.69, 9.17) is 0 Å². The van der Waals surface area contributed by atoms with E-state index < -0.39 is 34.6 Å². The zero-order chi connectivity index (χ0) is 27.2. The fraction of sp³-hybridized carbons (Fsp3) is 0.179. The molecule has 0 aliphatic heterocycles. The van der Waals surface area contributed by atoms with Gasteiger partial charge in [-0.25, -0.2) is 8.91 Å². The van der Waals surface area contributed by atoms with Gasteiger partial charge in [-0.2, -0.15) is 23.4 Å². The topological polar surface area (TPSA) is 64.2 Å². The Bertz CT molecular complexity index is 1650. The number of alkyl halides is 3. The number of hydrogen-bond acceptors (Lipinski definition) is 3. The number of benzene rings is 2. The summed E-state index contributed by atoms with van der Waals surface area (Å²) in [6.07, 6.45) is -1.61. The van der Waals surface area contributed by atoms with E-state index >= 15 is 4.39 Å². The number of hydrogen-bond donors (Lipinski definition) is 1. The number of amides is 1. The Morgan fingerprint density at radius 2 is 1.71 bits per heavy atom. The molecule has 1 N–H and O–H groups in total. The van der Waals surface area contributed by atoms with E-state index in [2.05, 4.69) is 15.5 Å². The number of rotatable bonds is 5. The smallest absolute Gasteiger partial charge is 0.318 e. The van der Waals surface area contributed by atoms with Crippen LogP contribution in [-0.2, 0) is 13.2 Å². The number of pyridine rings is 1. The van der Waals surface area contributed by atoms with Crippen LogP contribution in [0.4, 0.5) is 23.2 Å². The molecule has 0 aliphatic carbocycles. The third-order valence-corrected chi connectivity index (χ3v) is 6.26. The maximum absolute atomic E-state index is 15.1. The lowest BCUT2D eigenvalue weighted by Crippen LogP contribution is -2.17. The molecule has 0 unspecified atom stereocenters. The summed E-state index contributed by atoms with van der Waals surface area (Å²) in [5.74, 6) is -2.02. The van der Waals surface area contributed by atoms with Crippen LogP contribution in [0.15, 0.2) is 73.1 Å². The molecule has 3 aromatic heterocycles. The number of nitrogens with one attached hydrogen (secondary N) is 1. The van der Waals surface area contributed by atoms with Crippen LogP contribution in [0.25, 0.3) is 28.0 Å². The molecule has 0 aliphatic rings. The molecular formula is C28H23F4N5O. The molecule has 1 amide bonds. The number of aryl methyl sites for hydroxylation is 1. The van der Waals surface area contributed by atoms with Crippen molar-refractivity contribution < 1.29 is 22.4 Å². The van der Waals surface area contributed by atoms with Crippen molar-refractivity contribution >= 4 is 17.1 Å². The van der Waals surface area contributed by atoms with E-state index in [9.17, 15) is 18.0 Å². The zero-order valence-electron chi connectivity index (χ0n) is 20.7. The first-order chi connectivity index (χ1) is 18.0. The van der Waals surface area contributed by atoms with Crippen molar-refractivity contribution in [1.29, 1.82) is 0 Å². The highest BCUT2D eigenvalue weighted by atomic mass is 19.4. The van der Waals surface area contributed by atoms with Crippen LogP contribution >= 0.6 is 0 Å². The number of aromatic nitrogens is 4. The Labute approximate surface area is 215 Å². The molecule has 0 spiro atoms. The Kier molecular flexibility index (Phi) is 6.26. The molecule has 5 aromatic rings. The summed E-state index contributed by atoms with van der Waals surface area (Å²) in [5.41, 5.74) is 0.849. The van der Waals surface area contributed by atoms with Crippen LogP contribution in [-0.4, -0.2) is 25.3 Å². The fourth-order valence-corrected chi connectivity index (χ4v) is 4.28. The minimum absolute atomic E-state index is 0.0311. The van der Waals surface area contributed by atoms with Crippen LogP contribution in [0, 0.1) is 5.82 Å². The van der Waals surface area contributed by atoms with Crippen molar-refractivity contribution in [3.8, 4) is 22.5 Å². The fourth-order valence-electron chi connectivity index (χ4n) is 4.28. The summed E-state index contributed by atoms with van der Waals surface area (Å²) < 4.78 is 59.3. The third-order valence-electron chi connectivity index (χ3n) is 6.26. The number of nitrogens with zero attached hydrogens (tertiary/aromatic N) is 4. The first kappa shape index (κ1) is 25.2. The normalized spacial score (nSPS) is 11.9. The van der Waals surface area contributed by atoms with Crippen molar-refractivity contribution in [3.63, 3.8) is 0 Å². The lowest BCUT2D eigenvalue weighted by atomic mass is 9.99. The summed E-state index contributed by atoms with van der Waals surface area (Å²) in [6.45, 7) is 4.05. The predicted octanol–water partition coefficient (Wildman–Crippen LogP) is 6.94. The zero-order valence-corrected chi connectivity index (χ0v) is 20.7. The van der Waals surface area contributed by atoms with Crippen LogP contribution in [0.2, 0.25) is 0 Å². The average Bonchev–Trinajstić information content (AvgIpc) is 3.47. The van der Waals surface area contributed by atoms with Crippen LogP contribution in [0.5, 0.6) is 0 Å². The molecule has 0 bridgehead atoms. The summed E-state index contributed by atoms with van der Waals surface area (Å²) >= 11 is 0. The second-order valence-electron chi connectivity index (χ2n) is 9.24. The van der Waals surface area contributed by atoms with Gasteiger partial charge >= 0.3 is 6.18 Å². The van der Waals surface area contributed by atoms with Crippen LogP contribution in [0.1, 0.15) is 41.3 Å². The minimum atomic E-state index is -4.85. The second kappa shape index (κ2) is 9.44. The van der Waals surface area contributed by atoms with Gasteiger partial charge in [-0.3, -0.25) is 9.48 Å². The van der Waals surface area contributed by atoms with E-state index in [-0.39, 0.29) is 11.6 Å². The summed E-state index contributed by atoms with van der Waals surface area (Å²) in [4.78, 5) is 13.4. The SMILES string of the molecule is CC(C)c1ccn2nc(-c3ccccc3)c(NC(=O)c3cc(-c4ccn(C)n4)c(C(F)(F)F)cc3F)c2c1. The van der Waals surface area contributed by atoms with Gasteiger partial charge in [0.2, 0.25) is 0 Å². The predicted molar refractivity (Wildman–Crippen MR) is 136 cm³/mol. The number of carbonyl (C=O) groups is 1. The van der Waals surface area contributed by atoms with Crippen LogP contribution in [0.3, 0.4) is 0 Å². The van der Waals surface area contributed by atoms with E-state index in [0.29, 0.717) is 28.5 Å². The number of carbonyl (C=O) groups excluding carboxylic acids is 1. The highest BCUT2D eigenvalue weighted by molar-refractivity contribution is 6.09. The summed E-state index contributed by atoms with van der Waals surface area (Å²) in [5, 5.41) is 11.4. The molecule has 194 valence electrons. The van der Waals surface area contributed by atoms with Crippen molar-refractivity contribution in [2.75, 3.05) is 5.32 Å². The van der Waals surface area contributed by atoms with E-state index in [0.717, 1.165) is 11.6 Å². The van der Waals surface area contributed by atoms with Gasteiger partial charge in [0.1, 0.15) is 11.5 Å². The molecule has 6 nitrogen and oxygen atoms in total. The van der Waals surface area contributed by atoms with Gasteiger partial charge in [0, 0.05) is 30.6 Å². The molecule has 0 saturated carbocycles. The molecule has 5 rings (SSSR count). The molecule has 38 heavy (non-hydrogen) atoms. The molecule has 2 aromatic carbocycles. The number of fused-ring (bicyclic) bond motifs is 1. The summed E-state index contributed by atoms with van der Waals surface area (Å²) in [6, 6.07) is 15.5. The minimum Gasteiger partial charge on any atom is -0.318 e. The third kappa shape index (κ3) is 4.65.